The lowest BCUT2D eigenvalue weighted by Crippen LogP contribution is -2.32. The Morgan fingerprint density at radius 1 is 0.962 bits per heavy atom. The number of H-pyrrole nitrogens is 1. The van der Waals surface area contributed by atoms with Gasteiger partial charge in [0.05, 0.1) is 16.8 Å². The van der Waals surface area contributed by atoms with Crippen molar-refractivity contribution in [3.63, 3.8) is 0 Å². The molecule has 1 N–H and O–H groups in total. The molecule has 1 aliphatic rings. The maximum atomic E-state index is 5.10. The van der Waals surface area contributed by atoms with Crippen LogP contribution in [0.4, 0.5) is 0 Å². The number of hydrogen-bond donors (Lipinski definition) is 1. The molecule has 0 aliphatic heterocycles. The van der Waals surface area contributed by atoms with E-state index in [4.69, 9.17) is 4.42 Å². The Kier molecular flexibility index (Phi) is 3.28. The molecule has 4 aromatic heterocycles. The summed E-state index contributed by atoms with van der Waals surface area (Å²) in [4.78, 5) is 13.5. The van der Waals surface area contributed by atoms with E-state index in [1.165, 1.54) is 6.39 Å². The van der Waals surface area contributed by atoms with Crippen LogP contribution in [0.5, 0.6) is 0 Å². The number of fused-ring (bicyclic) bond motifs is 1. The second-order valence-electron chi connectivity index (χ2n) is 6.25. The van der Waals surface area contributed by atoms with Gasteiger partial charge in [0, 0.05) is 30.1 Å². The van der Waals surface area contributed by atoms with Crippen LogP contribution in [0.3, 0.4) is 0 Å². The third kappa shape index (κ3) is 2.19. The highest BCUT2D eigenvalue weighted by molar-refractivity contribution is 5.74. The standard InChI is InChI=1S/C20H15N5O/c1-3-9-21-17(5-1)20(18-6-2-4-10-22-18)8-7-14-15(11-20)24-25-19(14)16-12-26-13-23-16/h1-10,12-13H,11H2,(H,24,25). The molecule has 1 aliphatic carbocycles. The molecule has 0 bridgehead atoms. The van der Waals surface area contributed by atoms with Crippen molar-refractivity contribution in [2.45, 2.75) is 11.8 Å². The van der Waals surface area contributed by atoms with Crippen LogP contribution >= 0.6 is 0 Å². The Hall–Kier alpha value is -3.54. The summed E-state index contributed by atoms with van der Waals surface area (Å²) in [5.41, 5.74) is 5.04. The van der Waals surface area contributed by atoms with Gasteiger partial charge in [-0.15, -0.1) is 0 Å². The highest BCUT2D eigenvalue weighted by Crippen LogP contribution is 2.41. The predicted octanol–water partition coefficient (Wildman–Crippen LogP) is 3.41. The molecule has 0 aromatic carbocycles. The van der Waals surface area contributed by atoms with Crippen molar-refractivity contribution in [1.29, 1.82) is 0 Å². The van der Waals surface area contributed by atoms with Crippen LogP contribution in [0, 0.1) is 0 Å². The molecule has 4 aromatic rings. The molecule has 4 heterocycles. The normalized spacial score (nSPS) is 14.9. The fourth-order valence-electron chi connectivity index (χ4n) is 3.53. The van der Waals surface area contributed by atoms with E-state index in [0.29, 0.717) is 6.42 Å². The SMILES string of the molecule is C1=CC(c2ccccn2)(c2ccccn2)Cc2[nH]nc(-c3cocn3)c21. The molecule has 126 valence electrons. The number of hydrogen-bond acceptors (Lipinski definition) is 5. The lowest BCUT2D eigenvalue weighted by atomic mass is 9.72. The zero-order chi connectivity index (χ0) is 17.4. The number of nitrogens with one attached hydrogen (secondary N) is 1. The third-order valence-electron chi connectivity index (χ3n) is 4.79. The number of aromatic nitrogens is 5. The lowest BCUT2D eigenvalue weighted by molar-refractivity contribution is 0.558. The Labute approximate surface area is 149 Å². The van der Waals surface area contributed by atoms with Crippen LogP contribution in [-0.2, 0) is 11.8 Å². The molecule has 6 nitrogen and oxygen atoms in total. The Morgan fingerprint density at radius 3 is 2.35 bits per heavy atom. The summed E-state index contributed by atoms with van der Waals surface area (Å²) in [6.07, 6.45) is 11.6. The minimum Gasteiger partial charge on any atom is -0.451 e. The fraction of sp³-hybridized carbons (Fsp3) is 0.100. The summed E-state index contributed by atoms with van der Waals surface area (Å²) in [7, 11) is 0. The van der Waals surface area contributed by atoms with Gasteiger partial charge in [-0.25, -0.2) is 4.98 Å². The molecule has 0 radical (unpaired) electrons. The summed E-state index contributed by atoms with van der Waals surface area (Å²) >= 11 is 0. The first-order valence-corrected chi connectivity index (χ1v) is 8.35. The van der Waals surface area contributed by atoms with Crippen molar-refractivity contribution < 1.29 is 4.42 Å². The van der Waals surface area contributed by atoms with Crippen molar-refractivity contribution in [1.82, 2.24) is 25.1 Å². The molecule has 6 heteroatoms. The van der Waals surface area contributed by atoms with Gasteiger partial charge in [0.2, 0.25) is 0 Å². The molecular weight excluding hydrogens is 326 g/mol. The number of nitrogens with zero attached hydrogens (tertiary/aromatic N) is 4. The number of pyridine rings is 2. The van der Waals surface area contributed by atoms with E-state index in [1.807, 2.05) is 48.8 Å². The molecule has 0 spiro atoms. The van der Waals surface area contributed by atoms with E-state index in [1.54, 1.807) is 6.26 Å². The quantitative estimate of drug-likeness (QED) is 0.617. The average molecular weight is 341 g/mol. The van der Waals surface area contributed by atoms with E-state index in [0.717, 1.165) is 34.0 Å². The third-order valence-corrected chi connectivity index (χ3v) is 4.79. The predicted molar refractivity (Wildman–Crippen MR) is 96.1 cm³/mol. The summed E-state index contributed by atoms with van der Waals surface area (Å²) in [6, 6.07) is 11.9. The summed E-state index contributed by atoms with van der Waals surface area (Å²) in [5.74, 6) is 0. The second-order valence-corrected chi connectivity index (χ2v) is 6.25. The fourth-order valence-corrected chi connectivity index (χ4v) is 3.53. The molecule has 26 heavy (non-hydrogen) atoms. The van der Waals surface area contributed by atoms with E-state index >= 15 is 0 Å². The van der Waals surface area contributed by atoms with Gasteiger partial charge in [0.1, 0.15) is 17.7 Å². The zero-order valence-corrected chi connectivity index (χ0v) is 13.8. The van der Waals surface area contributed by atoms with Crippen molar-refractivity contribution in [2.24, 2.45) is 0 Å². The maximum absolute atomic E-state index is 5.10. The van der Waals surface area contributed by atoms with Crippen molar-refractivity contribution in [3.05, 3.63) is 90.2 Å². The van der Waals surface area contributed by atoms with Gasteiger partial charge in [0.25, 0.3) is 0 Å². The first-order valence-electron chi connectivity index (χ1n) is 8.35. The van der Waals surface area contributed by atoms with Gasteiger partial charge < -0.3 is 4.42 Å². The molecule has 0 unspecified atom stereocenters. The average Bonchev–Trinajstić information content (AvgIpc) is 3.38. The highest BCUT2D eigenvalue weighted by atomic mass is 16.3. The number of rotatable bonds is 3. The molecule has 0 fully saturated rings. The minimum absolute atomic E-state index is 0.441. The van der Waals surface area contributed by atoms with Gasteiger partial charge in [-0.1, -0.05) is 24.3 Å². The summed E-state index contributed by atoms with van der Waals surface area (Å²) < 4.78 is 5.10. The van der Waals surface area contributed by atoms with Crippen molar-refractivity contribution in [2.75, 3.05) is 0 Å². The van der Waals surface area contributed by atoms with Crippen molar-refractivity contribution in [3.8, 4) is 11.4 Å². The van der Waals surface area contributed by atoms with Gasteiger partial charge in [-0.2, -0.15) is 5.10 Å². The van der Waals surface area contributed by atoms with E-state index in [-0.39, 0.29) is 0 Å². The van der Waals surface area contributed by atoms with Crippen LogP contribution in [0.25, 0.3) is 17.5 Å². The zero-order valence-electron chi connectivity index (χ0n) is 13.8. The first kappa shape index (κ1) is 14.8. The van der Waals surface area contributed by atoms with Crippen LogP contribution < -0.4 is 0 Å². The molecule has 5 rings (SSSR count). The Morgan fingerprint density at radius 2 is 1.73 bits per heavy atom. The summed E-state index contributed by atoms with van der Waals surface area (Å²) in [5, 5.41) is 7.62. The second kappa shape index (κ2) is 5.77. The van der Waals surface area contributed by atoms with E-state index in [9.17, 15) is 0 Å². The molecule has 0 saturated carbocycles. The Balaban J connectivity index is 1.67. The number of allylic oxidation sites excluding steroid dienone is 1. The summed E-state index contributed by atoms with van der Waals surface area (Å²) in [6.45, 7) is 0. The molecule has 0 amide bonds. The van der Waals surface area contributed by atoms with E-state index < -0.39 is 5.41 Å². The van der Waals surface area contributed by atoms with Gasteiger partial charge in [-0.3, -0.25) is 15.1 Å². The van der Waals surface area contributed by atoms with Gasteiger partial charge in [0.15, 0.2) is 6.39 Å². The van der Waals surface area contributed by atoms with Crippen LogP contribution in [0.1, 0.15) is 22.6 Å². The smallest absolute Gasteiger partial charge is 0.181 e. The number of oxazole rings is 1. The highest BCUT2D eigenvalue weighted by Gasteiger charge is 2.39. The van der Waals surface area contributed by atoms with Gasteiger partial charge >= 0.3 is 0 Å². The van der Waals surface area contributed by atoms with Gasteiger partial charge in [-0.05, 0) is 24.3 Å². The minimum atomic E-state index is -0.441. The maximum Gasteiger partial charge on any atom is 0.181 e. The van der Waals surface area contributed by atoms with Crippen LogP contribution in [-0.4, -0.2) is 25.1 Å². The molecular formula is C20H15N5O. The molecule has 0 atom stereocenters. The number of aromatic amines is 1. The van der Waals surface area contributed by atoms with Crippen LogP contribution in [0.2, 0.25) is 0 Å². The Bertz CT molecular complexity index is 1010. The first-order chi connectivity index (χ1) is 12.9. The monoisotopic (exact) mass is 341 g/mol. The van der Waals surface area contributed by atoms with Crippen LogP contribution in [0.15, 0.2) is 71.9 Å². The molecule has 0 saturated heterocycles. The van der Waals surface area contributed by atoms with E-state index in [2.05, 4.69) is 37.3 Å². The van der Waals surface area contributed by atoms with Crippen molar-refractivity contribution >= 4 is 6.08 Å². The lowest BCUT2D eigenvalue weighted by Gasteiger charge is -2.32. The largest absolute Gasteiger partial charge is 0.451 e. The topological polar surface area (TPSA) is 80.5 Å².